The summed E-state index contributed by atoms with van der Waals surface area (Å²) in [5.41, 5.74) is 0.845. The molecule has 1 aromatic heterocycles. The van der Waals surface area contributed by atoms with Crippen LogP contribution in [0.2, 0.25) is 0 Å². The lowest BCUT2D eigenvalue weighted by Gasteiger charge is -2.63. The van der Waals surface area contributed by atoms with E-state index in [0.29, 0.717) is 17.7 Å². The maximum absolute atomic E-state index is 12.6. The first kappa shape index (κ1) is 16.9. The minimum atomic E-state index is 0.103. The van der Waals surface area contributed by atoms with Gasteiger partial charge >= 0.3 is 0 Å². The third-order valence-corrected chi connectivity index (χ3v) is 6.28. The van der Waals surface area contributed by atoms with Crippen molar-refractivity contribution in [2.45, 2.75) is 43.4 Å². The van der Waals surface area contributed by atoms with Gasteiger partial charge in [0.25, 0.3) is 5.91 Å². The number of carbonyl (C=O) groups excluding carboxylic acids is 1. The first-order valence-electron chi connectivity index (χ1n) is 9.31. The van der Waals surface area contributed by atoms with E-state index in [-0.39, 0.29) is 11.4 Å². The summed E-state index contributed by atoms with van der Waals surface area (Å²) >= 11 is 0. The van der Waals surface area contributed by atoms with Crippen LogP contribution in [0.3, 0.4) is 0 Å². The summed E-state index contributed by atoms with van der Waals surface area (Å²) in [5, 5.41) is 0. The molecule has 1 unspecified atom stereocenters. The van der Waals surface area contributed by atoms with Crippen LogP contribution in [-0.2, 0) is 9.47 Å². The van der Waals surface area contributed by atoms with E-state index in [1.54, 1.807) is 12.4 Å². The Morgan fingerprint density at radius 2 is 2.08 bits per heavy atom. The number of likely N-dealkylation sites (tertiary alicyclic amines) is 2. The summed E-state index contributed by atoms with van der Waals surface area (Å²) in [7, 11) is 1.83. The molecule has 0 aromatic carbocycles. The zero-order valence-electron chi connectivity index (χ0n) is 14.9. The molecule has 25 heavy (non-hydrogen) atoms. The summed E-state index contributed by atoms with van der Waals surface area (Å²) in [5.74, 6) is 0.103. The number of carbonyl (C=O) groups is 1. The monoisotopic (exact) mass is 345 g/mol. The largest absolute Gasteiger partial charge is 0.381 e. The number of ether oxygens (including phenoxy) is 2. The fourth-order valence-corrected chi connectivity index (χ4v) is 4.80. The Kier molecular flexibility index (Phi) is 4.75. The van der Waals surface area contributed by atoms with E-state index >= 15 is 0 Å². The summed E-state index contributed by atoms with van der Waals surface area (Å²) < 4.78 is 11.3. The van der Waals surface area contributed by atoms with Gasteiger partial charge in [0, 0.05) is 58.4 Å². The third kappa shape index (κ3) is 2.96. The molecule has 0 radical (unpaired) electrons. The minimum Gasteiger partial charge on any atom is -0.381 e. The highest BCUT2D eigenvalue weighted by atomic mass is 16.5. The zero-order chi connectivity index (χ0) is 17.3. The number of rotatable bonds is 3. The number of piperidine rings is 1. The van der Waals surface area contributed by atoms with E-state index in [4.69, 9.17) is 9.47 Å². The lowest BCUT2D eigenvalue weighted by molar-refractivity contribution is -0.207. The quantitative estimate of drug-likeness (QED) is 0.832. The van der Waals surface area contributed by atoms with Crippen LogP contribution in [0, 0.1) is 0 Å². The highest BCUT2D eigenvalue weighted by molar-refractivity contribution is 5.93. The van der Waals surface area contributed by atoms with Crippen LogP contribution in [0.1, 0.15) is 36.0 Å². The molecule has 3 fully saturated rings. The van der Waals surface area contributed by atoms with Crippen LogP contribution in [0.4, 0.5) is 0 Å². The number of methoxy groups -OCH3 is 1. The van der Waals surface area contributed by atoms with Crippen molar-refractivity contribution < 1.29 is 14.3 Å². The fourth-order valence-electron chi connectivity index (χ4n) is 4.80. The minimum absolute atomic E-state index is 0.103. The van der Waals surface area contributed by atoms with Gasteiger partial charge in [-0.3, -0.25) is 14.7 Å². The molecule has 0 N–H and O–H groups in total. The van der Waals surface area contributed by atoms with Crippen molar-refractivity contribution in [2.75, 3.05) is 40.0 Å². The number of aromatic nitrogens is 1. The third-order valence-electron chi connectivity index (χ3n) is 6.28. The Labute approximate surface area is 149 Å². The Morgan fingerprint density at radius 3 is 2.72 bits per heavy atom. The van der Waals surface area contributed by atoms with Crippen molar-refractivity contribution in [3.05, 3.63) is 30.1 Å². The molecular weight excluding hydrogens is 318 g/mol. The van der Waals surface area contributed by atoms with Gasteiger partial charge in [-0.2, -0.15) is 0 Å². The number of pyridine rings is 1. The van der Waals surface area contributed by atoms with Crippen molar-refractivity contribution in [1.82, 2.24) is 14.8 Å². The second kappa shape index (κ2) is 7.02. The number of hydrogen-bond donors (Lipinski definition) is 0. The van der Waals surface area contributed by atoms with E-state index in [2.05, 4.69) is 9.88 Å². The molecule has 3 aliphatic rings. The molecule has 1 amide bonds. The van der Waals surface area contributed by atoms with Crippen molar-refractivity contribution in [2.24, 2.45) is 0 Å². The van der Waals surface area contributed by atoms with E-state index in [1.807, 2.05) is 24.1 Å². The summed E-state index contributed by atoms with van der Waals surface area (Å²) in [4.78, 5) is 21.3. The molecule has 0 bridgehead atoms. The summed E-state index contributed by atoms with van der Waals surface area (Å²) in [6, 6.07) is 4.21. The van der Waals surface area contributed by atoms with Gasteiger partial charge in [0.2, 0.25) is 0 Å². The van der Waals surface area contributed by atoms with E-state index in [0.717, 1.165) is 58.5 Å². The van der Waals surface area contributed by atoms with Crippen molar-refractivity contribution in [1.29, 1.82) is 0 Å². The molecule has 4 heterocycles. The molecule has 6 heteroatoms. The van der Waals surface area contributed by atoms with Crippen molar-refractivity contribution in [3.8, 4) is 0 Å². The van der Waals surface area contributed by atoms with E-state index in [9.17, 15) is 4.79 Å². The van der Waals surface area contributed by atoms with Gasteiger partial charge in [-0.05, 0) is 37.8 Å². The number of nitrogens with zero attached hydrogens (tertiary/aromatic N) is 3. The van der Waals surface area contributed by atoms with Gasteiger partial charge in [0.1, 0.15) is 0 Å². The lowest BCUT2D eigenvalue weighted by Crippen LogP contribution is -2.75. The average Bonchev–Trinajstić information content (AvgIpc) is 2.69. The topological polar surface area (TPSA) is 54.9 Å². The van der Waals surface area contributed by atoms with Crippen molar-refractivity contribution >= 4 is 5.91 Å². The van der Waals surface area contributed by atoms with Gasteiger partial charge in [-0.15, -0.1) is 0 Å². The first-order valence-corrected chi connectivity index (χ1v) is 9.31. The van der Waals surface area contributed by atoms with Gasteiger partial charge in [-0.25, -0.2) is 0 Å². The predicted octanol–water partition coefficient (Wildman–Crippen LogP) is 1.57. The smallest absolute Gasteiger partial charge is 0.255 e. The van der Waals surface area contributed by atoms with Crippen molar-refractivity contribution in [3.63, 3.8) is 0 Å². The van der Waals surface area contributed by atoms with E-state index in [1.165, 1.54) is 0 Å². The Balaban J connectivity index is 1.38. The molecule has 3 aliphatic heterocycles. The molecule has 1 aromatic rings. The van der Waals surface area contributed by atoms with Gasteiger partial charge in [-0.1, -0.05) is 0 Å². The number of amides is 1. The van der Waals surface area contributed by atoms with Crippen LogP contribution in [0.15, 0.2) is 24.5 Å². The molecule has 0 saturated carbocycles. The molecule has 1 spiro atoms. The van der Waals surface area contributed by atoms with Crippen LogP contribution in [-0.4, -0.2) is 78.3 Å². The molecule has 3 saturated heterocycles. The maximum Gasteiger partial charge on any atom is 0.255 e. The van der Waals surface area contributed by atoms with Crippen LogP contribution >= 0.6 is 0 Å². The predicted molar refractivity (Wildman–Crippen MR) is 93.4 cm³/mol. The highest BCUT2D eigenvalue weighted by Crippen LogP contribution is 2.44. The summed E-state index contributed by atoms with van der Waals surface area (Å²) in [6.07, 6.45) is 7.86. The number of hydrogen-bond acceptors (Lipinski definition) is 5. The van der Waals surface area contributed by atoms with Crippen LogP contribution in [0.5, 0.6) is 0 Å². The van der Waals surface area contributed by atoms with Gasteiger partial charge < -0.3 is 14.4 Å². The summed E-state index contributed by atoms with van der Waals surface area (Å²) in [6.45, 7) is 4.30. The molecule has 0 aliphatic carbocycles. The highest BCUT2D eigenvalue weighted by Gasteiger charge is 2.56. The lowest BCUT2D eigenvalue weighted by atomic mass is 9.73. The standard InChI is InChI=1S/C19H27N3O3/c1-24-17-14-22(19(17)6-11-25-12-7-19)16-4-9-21(10-5-16)18(23)15-3-2-8-20-13-15/h2-3,8,13,16-17H,4-7,9-12,14H2,1H3. The normalized spacial score (nSPS) is 27.2. The SMILES string of the molecule is COC1CN(C2CCN(C(=O)c3cccnc3)CC2)C12CCOCC2. The zero-order valence-corrected chi connectivity index (χ0v) is 14.9. The molecular formula is C19H27N3O3. The Bertz CT molecular complexity index is 595. The molecule has 4 rings (SSSR count). The second-order valence-electron chi connectivity index (χ2n) is 7.36. The van der Waals surface area contributed by atoms with Gasteiger partial charge in [0.05, 0.1) is 17.2 Å². The molecule has 6 nitrogen and oxygen atoms in total. The maximum atomic E-state index is 12.6. The van der Waals surface area contributed by atoms with Crippen LogP contribution in [0.25, 0.3) is 0 Å². The Morgan fingerprint density at radius 1 is 1.32 bits per heavy atom. The average molecular weight is 345 g/mol. The molecule has 136 valence electrons. The first-order chi connectivity index (χ1) is 12.2. The second-order valence-corrected chi connectivity index (χ2v) is 7.36. The van der Waals surface area contributed by atoms with E-state index < -0.39 is 0 Å². The fraction of sp³-hybridized carbons (Fsp3) is 0.684. The van der Waals surface area contributed by atoms with Crippen LogP contribution < -0.4 is 0 Å². The van der Waals surface area contributed by atoms with Gasteiger partial charge in [0.15, 0.2) is 0 Å². The molecule has 1 atom stereocenters. The Hall–Kier alpha value is -1.50.